The smallest absolute Gasteiger partial charge is 0.126 e. The van der Waals surface area contributed by atoms with Gasteiger partial charge in [0.2, 0.25) is 0 Å². The molecule has 1 aromatic heterocycles. The second kappa shape index (κ2) is 4.53. The third kappa shape index (κ3) is 2.81. The molecule has 0 aliphatic carbocycles. The van der Waals surface area contributed by atoms with Crippen molar-refractivity contribution in [3.05, 3.63) is 47.2 Å². The van der Waals surface area contributed by atoms with E-state index in [-0.39, 0.29) is 0 Å². The van der Waals surface area contributed by atoms with Gasteiger partial charge in [-0.05, 0) is 24.6 Å². The van der Waals surface area contributed by atoms with E-state index in [0.29, 0.717) is 12.1 Å². The Morgan fingerprint density at radius 1 is 1.18 bits per heavy atom. The highest BCUT2D eigenvalue weighted by atomic mass is 19.1. The molecular weight excluding hydrogens is 224 g/mol. The predicted molar refractivity (Wildman–Crippen MR) is 61.6 cm³/mol. The number of rotatable bonds is 3. The second-order valence-electron chi connectivity index (χ2n) is 3.93. The minimum atomic E-state index is -0.567. The second-order valence-corrected chi connectivity index (χ2v) is 3.93. The molecule has 1 N–H and O–H groups in total. The van der Waals surface area contributed by atoms with Crippen molar-refractivity contribution in [3.8, 4) is 0 Å². The van der Waals surface area contributed by atoms with Gasteiger partial charge in [0.25, 0.3) is 0 Å². The van der Waals surface area contributed by atoms with Crippen LogP contribution in [0, 0.1) is 18.6 Å². The van der Waals surface area contributed by atoms with Crippen LogP contribution < -0.4 is 5.32 Å². The van der Waals surface area contributed by atoms with Crippen LogP contribution in [0.5, 0.6) is 0 Å². The zero-order valence-electron chi connectivity index (χ0n) is 9.67. The number of hydrogen-bond acceptors (Lipinski definition) is 2. The molecule has 2 rings (SSSR count). The topological polar surface area (TPSA) is 29.9 Å². The fourth-order valence-electron chi connectivity index (χ4n) is 1.68. The highest BCUT2D eigenvalue weighted by Gasteiger charge is 2.03. The average Bonchev–Trinajstić information content (AvgIpc) is 2.53. The lowest BCUT2D eigenvalue weighted by Gasteiger charge is -2.06. The van der Waals surface area contributed by atoms with Gasteiger partial charge in [0.1, 0.15) is 17.5 Å². The summed E-state index contributed by atoms with van der Waals surface area (Å²) in [6.07, 6.45) is 0. The fraction of sp³-hybridized carbons (Fsp3) is 0.250. The molecule has 0 spiro atoms. The highest BCUT2D eigenvalue weighted by molar-refractivity contribution is 5.37. The normalized spacial score (nSPS) is 10.6. The van der Waals surface area contributed by atoms with E-state index in [4.69, 9.17) is 0 Å². The van der Waals surface area contributed by atoms with E-state index in [9.17, 15) is 8.78 Å². The molecule has 90 valence electrons. The highest BCUT2D eigenvalue weighted by Crippen LogP contribution is 2.12. The van der Waals surface area contributed by atoms with Crippen LogP contribution in [0.3, 0.4) is 0 Å². The van der Waals surface area contributed by atoms with Crippen LogP contribution in [-0.2, 0) is 13.6 Å². The molecule has 0 amide bonds. The summed E-state index contributed by atoms with van der Waals surface area (Å²) in [5.74, 6) is -0.321. The van der Waals surface area contributed by atoms with Gasteiger partial charge >= 0.3 is 0 Å². The average molecular weight is 237 g/mol. The summed E-state index contributed by atoms with van der Waals surface area (Å²) in [6, 6.07) is 5.34. The third-order valence-electron chi connectivity index (χ3n) is 2.40. The van der Waals surface area contributed by atoms with Crippen molar-refractivity contribution >= 4 is 5.82 Å². The van der Waals surface area contributed by atoms with Gasteiger partial charge in [-0.2, -0.15) is 5.10 Å². The van der Waals surface area contributed by atoms with Crippen molar-refractivity contribution in [2.45, 2.75) is 13.5 Å². The van der Waals surface area contributed by atoms with Crippen LogP contribution in [-0.4, -0.2) is 9.78 Å². The molecule has 0 aliphatic rings. The van der Waals surface area contributed by atoms with E-state index in [1.165, 1.54) is 12.1 Å². The van der Waals surface area contributed by atoms with Crippen LogP contribution in [0.25, 0.3) is 0 Å². The van der Waals surface area contributed by atoms with Crippen LogP contribution in [0.4, 0.5) is 14.6 Å². The predicted octanol–water partition coefficient (Wildman–Crippen LogP) is 2.62. The van der Waals surface area contributed by atoms with E-state index in [1.807, 2.05) is 20.0 Å². The van der Waals surface area contributed by atoms with E-state index < -0.39 is 11.6 Å². The summed E-state index contributed by atoms with van der Waals surface area (Å²) >= 11 is 0. The standard InChI is InChI=1S/C12H13F2N3/c1-8-3-12(17(2)16-8)15-7-9-4-10(13)6-11(14)5-9/h3-6,15H,7H2,1-2H3. The van der Waals surface area contributed by atoms with Crippen LogP contribution >= 0.6 is 0 Å². The molecule has 0 aliphatic heterocycles. The number of aryl methyl sites for hydroxylation is 2. The molecule has 0 bridgehead atoms. The molecule has 2 aromatic rings. The Bertz CT molecular complexity index is 514. The zero-order valence-corrected chi connectivity index (χ0v) is 9.67. The first-order valence-electron chi connectivity index (χ1n) is 5.24. The summed E-state index contributed by atoms with van der Waals surface area (Å²) in [5.41, 5.74) is 1.45. The van der Waals surface area contributed by atoms with Crippen LogP contribution in [0.15, 0.2) is 24.3 Å². The monoisotopic (exact) mass is 237 g/mol. The van der Waals surface area contributed by atoms with Gasteiger partial charge < -0.3 is 5.32 Å². The van der Waals surface area contributed by atoms with E-state index >= 15 is 0 Å². The number of aromatic nitrogens is 2. The molecule has 1 aromatic carbocycles. The molecule has 5 heteroatoms. The van der Waals surface area contributed by atoms with E-state index in [0.717, 1.165) is 17.6 Å². The molecule has 0 unspecified atom stereocenters. The van der Waals surface area contributed by atoms with Gasteiger partial charge in [0.15, 0.2) is 0 Å². The Morgan fingerprint density at radius 2 is 1.82 bits per heavy atom. The van der Waals surface area contributed by atoms with Crippen molar-refractivity contribution in [2.24, 2.45) is 7.05 Å². The Kier molecular flexibility index (Phi) is 3.08. The quantitative estimate of drug-likeness (QED) is 0.889. The molecule has 1 heterocycles. The lowest BCUT2D eigenvalue weighted by molar-refractivity contribution is 0.580. The maximum absolute atomic E-state index is 13.0. The van der Waals surface area contributed by atoms with Gasteiger partial charge in [0.05, 0.1) is 5.69 Å². The molecule has 17 heavy (non-hydrogen) atoms. The Balaban J connectivity index is 2.09. The van der Waals surface area contributed by atoms with E-state index in [1.54, 1.807) is 4.68 Å². The van der Waals surface area contributed by atoms with Gasteiger partial charge in [0, 0.05) is 25.7 Å². The Labute approximate surface area is 98.1 Å². The first kappa shape index (κ1) is 11.6. The van der Waals surface area contributed by atoms with Crippen LogP contribution in [0.1, 0.15) is 11.3 Å². The lowest BCUT2D eigenvalue weighted by atomic mass is 10.2. The minimum absolute atomic E-state index is 0.355. The SMILES string of the molecule is Cc1cc(NCc2cc(F)cc(F)c2)n(C)n1. The maximum atomic E-state index is 13.0. The number of halogens is 2. The number of nitrogens with one attached hydrogen (secondary N) is 1. The summed E-state index contributed by atoms with van der Waals surface area (Å²) < 4.78 is 27.6. The molecule has 0 saturated heterocycles. The van der Waals surface area contributed by atoms with Gasteiger partial charge in [-0.3, -0.25) is 4.68 Å². The summed E-state index contributed by atoms with van der Waals surface area (Å²) in [7, 11) is 1.81. The van der Waals surface area contributed by atoms with Crippen molar-refractivity contribution in [1.29, 1.82) is 0 Å². The van der Waals surface area contributed by atoms with Crippen molar-refractivity contribution in [1.82, 2.24) is 9.78 Å². The molecule has 0 fully saturated rings. The van der Waals surface area contributed by atoms with Crippen molar-refractivity contribution in [2.75, 3.05) is 5.32 Å². The first-order chi connectivity index (χ1) is 8.04. The molecule has 3 nitrogen and oxygen atoms in total. The van der Waals surface area contributed by atoms with Gasteiger partial charge in [-0.15, -0.1) is 0 Å². The van der Waals surface area contributed by atoms with E-state index in [2.05, 4.69) is 10.4 Å². The molecule has 0 saturated carbocycles. The first-order valence-corrected chi connectivity index (χ1v) is 5.24. The number of benzene rings is 1. The third-order valence-corrected chi connectivity index (χ3v) is 2.40. The lowest BCUT2D eigenvalue weighted by Crippen LogP contribution is -2.05. The fourth-order valence-corrected chi connectivity index (χ4v) is 1.68. The van der Waals surface area contributed by atoms with Gasteiger partial charge in [-0.1, -0.05) is 0 Å². The van der Waals surface area contributed by atoms with Crippen molar-refractivity contribution in [3.63, 3.8) is 0 Å². The number of nitrogens with zero attached hydrogens (tertiary/aromatic N) is 2. The largest absolute Gasteiger partial charge is 0.366 e. The summed E-state index contributed by atoms with van der Waals surface area (Å²) in [5, 5.41) is 7.24. The van der Waals surface area contributed by atoms with Crippen LogP contribution in [0.2, 0.25) is 0 Å². The summed E-state index contributed by atoms with van der Waals surface area (Å²) in [6.45, 7) is 2.24. The zero-order chi connectivity index (χ0) is 12.4. The molecule has 0 radical (unpaired) electrons. The van der Waals surface area contributed by atoms with Gasteiger partial charge in [-0.25, -0.2) is 8.78 Å². The summed E-state index contributed by atoms with van der Waals surface area (Å²) in [4.78, 5) is 0. The molecule has 0 atom stereocenters. The maximum Gasteiger partial charge on any atom is 0.126 e. The Hall–Kier alpha value is -1.91. The minimum Gasteiger partial charge on any atom is -0.366 e. The molecular formula is C12H13F2N3. The Morgan fingerprint density at radius 3 is 2.35 bits per heavy atom. The number of anilines is 1. The van der Waals surface area contributed by atoms with Crippen molar-refractivity contribution < 1.29 is 8.78 Å². The number of hydrogen-bond donors (Lipinski definition) is 1.